The van der Waals surface area contributed by atoms with E-state index in [9.17, 15) is 9.18 Å². The van der Waals surface area contributed by atoms with Crippen LogP contribution in [0.5, 0.6) is 0 Å². The lowest BCUT2D eigenvalue weighted by atomic mass is 10.2. The molecular formula is C17H22FN3O3. The van der Waals surface area contributed by atoms with Crippen molar-refractivity contribution in [1.29, 1.82) is 0 Å². The van der Waals surface area contributed by atoms with E-state index in [1.807, 2.05) is 0 Å². The number of carbonyl (C=O) groups excluding carboxylic acids is 1. The molecule has 0 radical (unpaired) electrons. The fourth-order valence-electron chi connectivity index (χ4n) is 2.23. The zero-order valence-corrected chi connectivity index (χ0v) is 14.0. The van der Waals surface area contributed by atoms with Crippen molar-refractivity contribution in [2.45, 2.75) is 25.7 Å². The lowest BCUT2D eigenvalue weighted by Gasteiger charge is -2.16. The zero-order valence-electron chi connectivity index (χ0n) is 14.0. The molecule has 2 aromatic rings. The average Bonchev–Trinajstić information content (AvgIpc) is 3.04. The summed E-state index contributed by atoms with van der Waals surface area (Å²) in [5.41, 5.74) is 0.695. The minimum absolute atomic E-state index is 0.0874. The lowest BCUT2D eigenvalue weighted by molar-refractivity contribution is -0.130. The molecule has 0 saturated carbocycles. The van der Waals surface area contributed by atoms with Gasteiger partial charge in [-0.25, -0.2) is 4.39 Å². The number of hydrogen-bond donors (Lipinski definition) is 0. The van der Waals surface area contributed by atoms with Crippen LogP contribution in [0.15, 0.2) is 28.8 Å². The van der Waals surface area contributed by atoms with Crippen LogP contribution in [0, 0.1) is 5.82 Å². The molecule has 1 aromatic carbocycles. The highest BCUT2D eigenvalue weighted by Crippen LogP contribution is 2.16. The normalized spacial score (nSPS) is 10.8. The smallest absolute Gasteiger partial charge is 0.226 e. The Morgan fingerprint density at radius 1 is 1.29 bits per heavy atom. The van der Waals surface area contributed by atoms with Gasteiger partial charge in [0.05, 0.1) is 0 Å². The molecule has 0 fully saturated rings. The second-order valence-corrected chi connectivity index (χ2v) is 5.53. The van der Waals surface area contributed by atoms with E-state index in [-0.39, 0.29) is 11.7 Å². The summed E-state index contributed by atoms with van der Waals surface area (Å²) in [5, 5.41) is 3.88. The van der Waals surface area contributed by atoms with Gasteiger partial charge in [0.2, 0.25) is 17.6 Å². The van der Waals surface area contributed by atoms with E-state index >= 15 is 0 Å². The molecule has 1 amide bonds. The first-order chi connectivity index (χ1) is 11.6. The first kappa shape index (κ1) is 18.1. The summed E-state index contributed by atoms with van der Waals surface area (Å²) in [6, 6.07) is 5.90. The molecule has 0 saturated heterocycles. The van der Waals surface area contributed by atoms with Crippen LogP contribution in [-0.2, 0) is 16.0 Å². The van der Waals surface area contributed by atoms with Crippen LogP contribution >= 0.6 is 0 Å². The van der Waals surface area contributed by atoms with Gasteiger partial charge in [-0.05, 0) is 37.1 Å². The Kier molecular flexibility index (Phi) is 6.87. The molecular weight excluding hydrogens is 313 g/mol. The second kappa shape index (κ2) is 9.12. The predicted octanol–water partition coefficient (Wildman–Crippen LogP) is 2.69. The number of rotatable bonds is 9. The van der Waals surface area contributed by atoms with E-state index in [0.717, 1.165) is 6.42 Å². The van der Waals surface area contributed by atoms with Gasteiger partial charge in [-0.1, -0.05) is 5.16 Å². The number of halogens is 1. The molecule has 24 heavy (non-hydrogen) atoms. The quantitative estimate of drug-likeness (QED) is 0.659. The van der Waals surface area contributed by atoms with Gasteiger partial charge in [-0.2, -0.15) is 4.98 Å². The summed E-state index contributed by atoms with van der Waals surface area (Å²) in [7, 11) is 3.43. The van der Waals surface area contributed by atoms with Crippen molar-refractivity contribution in [2.75, 3.05) is 27.3 Å². The van der Waals surface area contributed by atoms with Crippen LogP contribution in [-0.4, -0.2) is 48.3 Å². The first-order valence-corrected chi connectivity index (χ1v) is 7.91. The van der Waals surface area contributed by atoms with Crippen LogP contribution < -0.4 is 0 Å². The van der Waals surface area contributed by atoms with E-state index in [4.69, 9.17) is 9.26 Å². The Bertz CT molecular complexity index is 643. The fraction of sp³-hybridized carbons (Fsp3) is 0.471. The summed E-state index contributed by atoms with van der Waals surface area (Å²) in [6.07, 6.45) is 2.42. The predicted molar refractivity (Wildman–Crippen MR) is 86.8 cm³/mol. The SMILES string of the molecule is COCCCN(C)C(=O)CCCc1nc(-c2ccc(F)cc2)no1. The van der Waals surface area contributed by atoms with Crippen molar-refractivity contribution in [1.82, 2.24) is 15.0 Å². The third kappa shape index (κ3) is 5.42. The molecule has 0 bridgehead atoms. The van der Waals surface area contributed by atoms with Crippen LogP contribution in [0.25, 0.3) is 11.4 Å². The largest absolute Gasteiger partial charge is 0.385 e. The van der Waals surface area contributed by atoms with Crippen molar-refractivity contribution in [2.24, 2.45) is 0 Å². The molecule has 0 aliphatic heterocycles. The van der Waals surface area contributed by atoms with Crippen LogP contribution in [0.4, 0.5) is 4.39 Å². The number of carbonyl (C=O) groups is 1. The maximum atomic E-state index is 12.9. The number of nitrogens with zero attached hydrogens (tertiary/aromatic N) is 3. The summed E-state index contributed by atoms with van der Waals surface area (Å²) in [5.74, 6) is 0.678. The number of aromatic nitrogens is 2. The van der Waals surface area contributed by atoms with Crippen LogP contribution in [0.2, 0.25) is 0 Å². The van der Waals surface area contributed by atoms with Gasteiger partial charge in [-0.3, -0.25) is 4.79 Å². The molecule has 7 heteroatoms. The standard InChI is InChI=1S/C17H22FN3O3/c1-21(11-4-12-23-2)16(22)6-3-5-15-19-17(20-24-15)13-7-9-14(18)10-8-13/h7-10H,3-6,11-12H2,1-2H3. The van der Waals surface area contributed by atoms with E-state index < -0.39 is 0 Å². The van der Waals surface area contributed by atoms with Gasteiger partial charge in [0.15, 0.2) is 0 Å². The summed E-state index contributed by atoms with van der Waals surface area (Å²) in [4.78, 5) is 17.9. The van der Waals surface area contributed by atoms with Crippen LogP contribution in [0.1, 0.15) is 25.2 Å². The number of methoxy groups -OCH3 is 1. The molecule has 1 aromatic heterocycles. The number of hydrogen-bond acceptors (Lipinski definition) is 5. The molecule has 2 rings (SSSR count). The van der Waals surface area contributed by atoms with E-state index in [2.05, 4.69) is 10.1 Å². The van der Waals surface area contributed by atoms with Gasteiger partial charge < -0.3 is 14.2 Å². The van der Waals surface area contributed by atoms with Gasteiger partial charge in [0, 0.05) is 45.7 Å². The maximum Gasteiger partial charge on any atom is 0.226 e. The Morgan fingerprint density at radius 3 is 2.75 bits per heavy atom. The molecule has 1 heterocycles. The number of amides is 1. The molecule has 0 N–H and O–H groups in total. The molecule has 0 spiro atoms. The zero-order chi connectivity index (χ0) is 17.4. The average molecular weight is 335 g/mol. The van der Waals surface area contributed by atoms with Gasteiger partial charge in [0.25, 0.3) is 0 Å². The first-order valence-electron chi connectivity index (χ1n) is 7.91. The second-order valence-electron chi connectivity index (χ2n) is 5.53. The number of benzene rings is 1. The highest BCUT2D eigenvalue weighted by atomic mass is 19.1. The van der Waals surface area contributed by atoms with Crippen LogP contribution in [0.3, 0.4) is 0 Å². The highest BCUT2D eigenvalue weighted by molar-refractivity contribution is 5.75. The van der Waals surface area contributed by atoms with E-state index in [1.165, 1.54) is 12.1 Å². The van der Waals surface area contributed by atoms with Gasteiger partial charge in [0.1, 0.15) is 5.82 Å². The van der Waals surface area contributed by atoms with Crippen molar-refractivity contribution in [3.63, 3.8) is 0 Å². The minimum Gasteiger partial charge on any atom is -0.385 e. The molecule has 0 unspecified atom stereocenters. The van der Waals surface area contributed by atoms with Gasteiger partial charge >= 0.3 is 0 Å². The Morgan fingerprint density at radius 2 is 2.04 bits per heavy atom. The summed E-state index contributed by atoms with van der Waals surface area (Å²) >= 11 is 0. The summed E-state index contributed by atoms with van der Waals surface area (Å²) < 4.78 is 23.1. The molecule has 0 aliphatic rings. The summed E-state index contributed by atoms with van der Waals surface area (Å²) in [6.45, 7) is 1.33. The molecule has 6 nitrogen and oxygen atoms in total. The Balaban J connectivity index is 1.77. The van der Waals surface area contributed by atoms with Crippen molar-refractivity contribution >= 4 is 5.91 Å². The van der Waals surface area contributed by atoms with E-state index in [0.29, 0.717) is 49.7 Å². The molecule has 0 aliphatic carbocycles. The van der Waals surface area contributed by atoms with Crippen molar-refractivity contribution < 1.29 is 18.4 Å². The van der Waals surface area contributed by atoms with Crippen molar-refractivity contribution in [3.05, 3.63) is 36.0 Å². The maximum absolute atomic E-state index is 12.9. The minimum atomic E-state index is -0.310. The Hall–Kier alpha value is -2.28. The number of aryl methyl sites for hydroxylation is 1. The van der Waals surface area contributed by atoms with Gasteiger partial charge in [-0.15, -0.1) is 0 Å². The molecule has 0 atom stereocenters. The third-order valence-corrected chi connectivity index (χ3v) is 3.62. The fourth-order valence-corrected chi connectivity index (χ4v) is 2.23. The van der Waals surface area contributed by atoms with Crippen molar-refractivity contribution in [3.8, 4) is 11.4 Å². The Labute approximate surface area is 140 Å². The third-order valence-electron chi connectivity index (χ3n) is 3.62. The molecule has 130 valence electrons. The monoisotopic (exact) mass is 335 g/mol. The number of ether oxygens (including phenoxy) is 1. The lowest BCUT2D eigenvalue weighted by Crippen LogP contribution is -2.28. The van der Waals surface area contributed by atoms with E-state index in [1.54, 1.807) is 31.2 Å². The highest BCUT2D eigenvalue weighted by Gasteiger charge is 2.11. The topological polar surface area (TPSA) is 68.5 Å².